The summed E-state index contributed by atoms with van der Waals surface area (Å²) in [7, 11) is 0. The minimum absolute atomic E-state index is 0.295. The molecule has 1 aromatic carbocycles. The van der Waals surface area contributed by atoms with Gasteiger partial charge in [-0.3, -0.25) is 4.79 Å². The second-order valence-corrected chi connectivity index (χ2v) is 5.36. The molecule has 1 aliphatic heterocycles. The average molecular weight is 327 g/mol. The first kappa shape index (κ1) is 15.6. The van der Waals surface area contributed by atoms with Gasteiger partial charge in [0.1, 0.15) is 6.61 Å². The van der Waals surface area contributed by atoms with E-state index in [1.54, 1.807) is 17.0 Å². The van der Waals surface area contributed by atoms with E-state index in [4.69, 9.17) is 16.2 Å². The lowest BCUT2D eigenvalue weighted by molar-refractivity contribution is 0.100. The molecule has 8 heteroatoms. The Bertz CT molecular complexity index is 794. The Labute approximate surface area is 138 Å². The predicted molar refractivity (Wildman–Crippen MR) is 87.7 cm³/mol. The van der Waals surface area contributed by atoms with Crippen molar-refractivity contribution in [3.8, 4) is 5.69 Å². The van der Waals surface area contributed by atoms with Gasteiger partial charge in [-0.25, -0.2) is 4.79 Å². The molecule has 2 aromatic rings. The number of nitrogens with two attached hydrogens (primary N) is 2. The molecular weight excluding hydrogens is 310 g/mol. The molecular formula is C16H17N5O3. The fourth-order valence-corrected chi connectivity index (χ4v) is 2.52. The number of nitrogens with zero attached hydrogens (tertiary/aromatic N) is 3. The van der Waals surface area contributed by atoms with Crippen LogP contribution in [0.4, 0.5) is 4.79 Å². The number of hydrogen-bond donors (Lipinski definition) is 2. The number of guanidine groups is 1. The van der Waals surface area contributed by atoms with E-state index in [0.29, 0.717) is 25.3 Å². The van der Waals surface area contributed by atoms with Crippen LogP contribution < -0.4 is 11.5 Å². The number of aromatic nitrogens is 1. The highest BCUT2D eigenvalue weighted by Gasteiger charge is 2.22. The largest absolute Gasteiger partial charge is 0.448 e. The van der Waals surface area contributed by atoms with Gasteiger partial charge in [-0.1, -0.05) is 0 Å². The minimum Gasteiger partial charge on any atom is -0.448 e. The third-order valence-corrected chi connectivity index (χ3v) is 3.58. The first-order valence-electron chi connectivity index (χ1n) is 7.36. The summed E-state index contributed by atoms with van der Waals surface area (Å²) in [4.78, 5) is 29.0. The predicted octanol–water partition coefficient (Wildman–Crippen LogP) is 0.843. The zero-order valence-corrected chi connectivity index (χ0v) is 12.9. The highest BCUT2D eigenvalue weighted by Crippen LogP contribution is 2.19. The van der Waals surface area contributed by atoms with Crippen LogP contribution in [0.25, 0.3) is 5.69 Å². The van der Waals surface area contributed by atoms with Crippen molar-refractivity contribution >= 4 is 18.0 Å². The first-order chi connectivity index (χ1) is 11.5. The molecule has 3 rings (SSSR count). The standard InChI is InChI=1S/C16H17N5O3/c17-15(18)19-14(22)12-7-11(10-21-5-6-24-16(21)23)8-13(9-12)20-3-1-2-4-20/h1-4,7-9H,5-6,10H2,(H4,17,18,19,22). The number of benzene rings is 1. The van der Waals surface area contributed by atoms with Crippen molar-refractivity contribution in [2.24, 2.45) is 16.5 Å². The van der Waals surface area contributed by atoms with Crippen molar-refractivity contribution in [3.63, 3.8) is 0 Å². The molecule has 0 bridgehead atoms. The Morgan fingerprint density at radius 3 is 2.58 bits per heavy atom. The number of carbonyl (C=O) groups excluding carboxylic acids is 2. The molecule has 2 heterocycles. The van der Waals surface area contributed by atoms with Gasteiger partial charge < -0.3 is 25.7 Å². The quantitative estimate of drug-likeness (QED) is 0.638. The van der Waals surface area contributed by atoms with E-state index in [1.165, 1.54) is 0 Å². The molecule has 1 aliphatic rings. The van der Waals surface area contributed by atoms with E-state index in [9.17, 15) is 9.59 Å². The SMILES string of the molecule is NC(N)=NC(=O)c1cc(CN2CCOC2=O)cc(-n2cccc2)c1. The summed E-state index contributed by atoms with van der Waals surface area (Å²) in [5, 5.41) is 0. The number of amides is 2. The van der Waals surface area contributed by atoms with Crippen LogP contribution in [0.2, 0.25) is 0 Å². The average Bonchev–Trinajstić information content (AvgIpc) is 3.19. The Kier molecular flexibility index (Phi) is 4.19. The van der Waals surface area contributed by atoms with Crippen LogP contribution in [-0.4, -0.2) is 40.6 Å². The van der Waals surface area contributed by atoms with Gasteiger partial charge in [0, 0.05) is 30.2 Å². The van der Waals surface area contributed by atoms with Crippen molar-refractivity contribution in [3.05, 3.63) is 53.9 Å². The maximum Gasteiger partial charge on any atom is 0.410 e. The number of ether oxygens (including phenoxy) is 1. The highest BCUT2D eigenvalue weighted by molar-refractivity contribution is 6.02. The number of aliphatic imine (C=N–C) groups is 1. The molecule has 0 unspecified atom stereocenters. The van der Waals surface area contributed by atoms with Crippen molar-refractivity contribution < 1.29 is 14.3 Å². The molecule has 124 valence electrons. The molecule has 0 saturated carbocycles. The van der Waals surface area contributed by atoms with E-state index in [2.05, 4.69) is 4.99 Å². The third-order valence-electron chi connectivity index (χ3n) is 3.58. The molecule has 1 saturated heterocycles. The fraction of sp³-hybridized carbons (Fsp3) is 0.188. The first-order valence-corrected chi connectivity index (χ1v) is 7.36. The van der Waals surface area contributed by atoms with Gasteiger partial charge in [0.2, 0.25) is 0 Å². The molecule has 0 atom stereocenters. The number of cyclic esters (lactones) is 1. The topological polar surface area (TPSA) is 116 Å². The van der Waals surface area contributed by atoms with E-state index >= 15 is 0 Å². The van der Waals surface area contributed by atoms with Gasteiger partial charge in [0.25, 0.3) is 5.91 Å². The maximum atomic E-state index is 12.2. The Morgan fingerprint density at radius 1 is 1.21 bits per heavy atom. The van der Waals surface area contributed by atoms with Crippen molar-refractivity contribution in [1.82, 2.24) is 9.47 Å². The fourth-order valence-electron chi connectivity index (χ4n) is 2.52. The van der Waals surface area contributed by atoms with Gasteiger partial charge >= 0.3 is 6.09 Å². The van der Waals surface area contributed by atoms with Gasteiger partial charge in [0.15, 0.2) is 5.96 Å². The van der Waals surface area contributed by atoms with E-state index in [-0.39, 0.29) is 12.1 Å². The van der Waals surface area contributed by atoms with Gasteiger partial charge in [-0.2, -0.15) is 4.99 Å². The summed E-state index contributed by atoms with van der Waals surface area (Å²) in [6.45, 7) is 1.23. The lowest BCUT2D eigenvalue weighted by Crippen LogP contribution is -2.25. The lowest BCUT2D eigenvalue weighted by Gasteiger charge is -2.15. The molecule has 0 radical (unpaired) electrons. The Hall–Kier alpha value is -3.29. The van der Waals surface area contributed by atoms with E-state index in [0.717, 1.165) is 11.3 Å². The number of rotatable bonds is 4. The molecule has 24 heavy (non-hydrogen) atoms. The normalized spacial score (nSPS) is 13.7. The lowest BCUT2D eigenvalue weighted by atomic mass is 10.1. The zero-order valence-electron chi connectivity index (χ0n) is 12.9. The van der Waals surface area contributed by atoms with Crippen LogP contribution in [0.15, 0.2) is 47.7 Å². The third kappa shape index (κ3) is 3.37. The Balaban J connectivity index is 1.98. The van der Waals surface area contributed by atoms with Crippen LogP contribution >= 0.6 is 0 Å². The molecule has 1 fully saturated rings. The molecule has 4 N–H and O–H groups in total. The zero-order chi connectivity index (χ0) is 17.1. The highest BCUT2D eigenvalue weighted by atomic mass is 16.6. The summed E-state index contributed by atoms with van der Waals surface area (Å²) >= 11 is 0. The smallest absolute Gasteiger partial charge is 0.410 e. The van der Waals surface area contributed by atoms with Crippen LogP contribution in [0.1, 0.15) is 15.9 Å². The second kappa shape index (κ2) is 6.45. The van der Waals surface area contributed by atoms with Crippen LogP contribution in [0.5, 0.6) is 0 Å². The van der Waals surface area contributed by atoms with Crippen molar-refractivity contribution in [2.45, 2.75) is 6.54 Å². The Morgan fingerprint density at radius 2 is 1.96 bits per heavy atom. The van der Waals surface area contributed by atoms with Crippen molar-refractivity contribution in [2.75, 3.05) is 13.2 Å². The maximum absolute atomic E-state index is 12.2. The summed E-state index contributed by atoms with van der Waals surface area (Å²) in [5.74, 6) is -0.828. The van der Waals surface area contributed by atoms with Gasteiger partial charge in [0.05, 0.1) is 6.54 Å². The molecule has 0 spiro atoms. The van der Waals surface area contributed by atoms with E-state index in [1.807, 2.05) is 35.2 Å². The number of carbonyl (C=O) groups is 2. The summed E-state index contributed by atoms with van der Waals surface area (Å²) in [5.41, 5.74) is 12.5. The molecule has 2 amide bonds. The van der Waals surface area contributed by atoms with Gasteiger partial charge in [-0.05, 0) is 35.9 Å². The monoisotopic (exact) mass is 327 g/mol. The summed E-state index contributed by atoms with van der Waals surface area (Å²) in [6, 6.07) is 9.02. The molecule has 0 aliphatic carbocycles. The van der Waals surface area contributed by atoms with Gasteiger partial charge in [-0.15, -0.1) is 0 Å². The van der Waals surface area contributed by atoms with E-state index < -0.39 is 5.91 Å². The minimum atomic E-state index is -0.533. The van der Waals surface area contributed by atoms with Crippen molar-refractivity contribution in [1.29, 1.82) is 0 Å². The van der Waals surface area contributed by atoms with Crippen LogP contribution in [-0.2, 0) is 11.3 Å². The summed E-state index contributed by atoms with van der Waals surface area (Å²) in [6.07, 6.45) is 3.36. The van der Waals surface area contributed by atoms with Crippen LogP contribution in [0.3, 0.4) is 0 Å². The summed E-state index contributed by atoms with van der Waals surface area (Å²) < 4.78 is 6.79. The molecule has 8 nitrogen and oxygen atoms in total. The number of hydrogen-bond acceptors (Lipinski definition) is 3. The molecule has 1 aromatic heterocycles. The van der Waals surface area contributed by atoms with Crippen LogP contribution in [0, 0.1) is 0 Å². The second-order valence-electron chi connectivity index (χ2n) is 5.36.